The smallest absolute Gasteiger partial charge is 0.254 e. The van der Waals surface area contributed by atoms with Gasteiger partial charge in [0, 0.05) is 6.04 Å². The predicted molar refractivity (Wildman–Crippen MR) is 79.7 cm³/mol. The molecular formula is C16H20ClFN2O. The molecule has 3 unspecified atom stereocenters. The lowest BCUT2D eigenvalue weighted by atomic mass is 9.68. The van der Waals surface area contributed by atoms with Crippen LogP contribution in [0.5, 0.6) is 0 Å². The van der Waals surface area contributed by atoms with Gasteiger partial charge >= 0.3 is 0 Å². The van der Waals surface area contributed by atoms with Crippen molar-refractivity contribution in [3.8, 4) is 0 Å². The van der Waals surface area contributed by atoms with Crippen LogP contribution in [0.3, 0.4) is 0 Å². The number of amides is 1. The normalized spacial score (nSPS) is 33.2. The second-order valence-corrected chi connectivity index (χ2v) is 7.67. The van der Waals surface area contributed by atoms with Gasteiger partial charge in [-0.2, -0.15) is 0 Å². The monoisotopic (exact) mass is 310 g/mol. The number of halogens is 2. The van der Waals surface area contributed by atoms with Crippen LogP contribution in [0.1, 0.15) is 50.4 Å². The molecular weight excluding hydrogens is 291 g/mol. The van der Waals surface area contributed by atoms with Crippen molar-refractivity contribution in [3.05, 3.63) is 28.8 Å². The summed E-state index contributed by atoms with van der Waals surface area (Å²) in [5.74, 6) is -0.254. The Hall–Kier alpha value is -1.16. The fraction of sp³-hybridized carbons (Fsp3) is 0.625. The number of carbonyl (C=O) groups excluding carboxylic acids is 1. The van der Waals surface area contributed by atoms with Crippen molar-refractivity contribution in [1.29, 1.82) is 0 Å². The van der Waals surface area contributed by atoms with Crippen LogP contribution < -0.4 is 5.32 Å². The molecule has 0 aliphatic heterocycles. The molecule has 0 saturated heterocycles. The standard InChI is InChI=1S/C16H20ClFN2O/c1-15(2)9-4-5-16(3,7-9)14(15)20-13(21)11-6-10(18)8-19-12(11)17/h6,8-9,14H,4-5,7H2,1-3H3,(H,20,21). The zero-order valence-electron chi connectivity index (χ0n) is 12.5. The number of aromatic nitrogens is 1. The van der Waals surface area contributed by atoms with Crippen LogP contribution in [0.15, 0.2) is 12.3 Å². The summed E-state index contributed by atoms with van der Waals surface area (Å²) in [5, 5.41) is 3.14. The number of hydrogen-bond acceptors (Lipinski definition) is 2. The topological polar surface area (TPSA) is 42.0 Å². The van der Waals surface area contributed by atoms with Crippen LogP contribution in [0.25, 0.3) is 0 Å². The summed E-state index contributed by atoms with van der Waals surface area (Å²) in [6.07, 6.45) is 4.50. The molecule has 0 aromatic carbocycles. The van der Waals surface area contributed by atoms with Gasteiger partial charge in [-0.3, -0.25) is 4.79 Å². The van der Waals surface area contributed by atoms with Gasteiger partial charge in [-0.15, -0.1) is 0 Å². The fourth-order valence-corrected chi connectivity index (χ4v) is 4.64. The number of nitrogens with one attached hydrogen (secondary N) is 1. The van der Waals surface area contributed by atoms with E-state index in [9.17, 15) is 9.18 Å². The van der Waals surface area contributed by atoms with Crippen LogP contribution >= 0.6 is 11.6 Å². The van der Waals surface area contributed by atoms with Gasteiger partial charge in [0.25, 0.3) is 5.91 Å². The minimum absolute atomic E-state index is 0.0417. The summed E-state index contributed by atoms with van der Waals surface area (Å²) in [6.45, 7) is 6.65. The molecule has 2 saturated carbocycles. The minimum Gasteiger partial charge on any atom is -0.348 e. The molecule has 0 radical (unpaired) electrons. The summed E-state index contributed by atoms with van der Waals surface area (Å²) in [5.41, 5.74) is 0.284. The van der Waals surface area contributed by atoms with Gasteiger partial charge in [-0.25, -0.2) is 9.37 Å². The first-order chi connectivity index (χ1) is 9.74. The maximum atomic E-state index is 13.3. The summed E-state index contributed by atoms with van der Waals surface area (Å²) in [7, 11) is 0. The van der Waals surface area contributed by atoms with Crippen molar-refractivity contribution in [2.75, 3.05) is 0 Å². The first-order valence-electron chi connectivity index (χ1n) is 7.36. The SMILES string of the molecule is CC12CCC(C1)C(C)(C)C2NC(=O)c1cc(F)cnc1Cl. The Balaban J connectivity index is 1.86. The van der Waals surface area contributed by atoms with Crippen molar-refractivity contribution in [2.24, 2.45) is 16.7 Å². The Morgan fingerprint density at radius 1 is 1.48 bits per heavy atom. The maximum absolute atomic E-state index is 13.3. The van der Waals surface area contributed by atoms with E-state index in [-0.39, 0.29) is 33.5 Å². The third-order valence-electron chi connectivity index (χ3n) is 5.60. The Morgan fingerprint density at radius 2 is 2.19 bits per heavy atom. The van der Waals surface area contributed by atoms with Gasteiger partial charge < -0.3 is 5.32 Å². The van der Waals surface area contributed by atoms with Gasteiger partial charge in [0.2, 0.25) is 0 Å². The Kier molecular flexibility index (Phi) is 3.28. The molecule has 3 rings (SSSR count). The average Bonchev–Trinajstić information content (AvgIpc) is 2.88. The summed E-state index contributed by atoms with van der Waals surface area (Å²) >= 11 is 5.92. The lowest BCUT2D eigenvalue weighted by Crippen LogP contribution is -2.52. The van der Waals surface area contributed by atoms with E-state index in [1.54, 1.807) is 0 Å². The predicted octanol–water partition coefficient (Wildman–Crippen LogP) is 3.82. The zero-order chi connectivity index (χ0) is 15.4. The van der Waals surface area contributed by atoms with E-state index in [2.05, 4.69) is 31.1 Å². The Morgan fingerprint density at radius 3 is 2.81 bits per heavy atom. The largest absolute Gasteiger partial charge is 0.348 e. The van der Waals surface area contributed by atoms with Crippen molar-refractivity contribution >= 4 is 17.5 Å². The summed E-state index contributed by atoms with van der Waals surface area (Å²) in [4.78, 5) is 16.2. The lowest BCUT2D eigenvalue weighted by molar-refractivity contribution is 0.0737. The third-order valence-corrected chi connectivity index (χ3v) is 5.90. The fourth-order valence-electron chi connectivity index (χ4n) is 4.45. The van der Waals surface area contributed by atoms with E-state index in [0.29, 0.717) is 5.92 Å². The van der Waals surface area contributed by atoms with E-state index >= 15 is 0 Å². The molecule has 1 aromatic rings. The Labute approximate surface area is 129 Å². The van der Waals surface area contributed by atoms with E-state index in [1.165, 1.54) is 6.42 Å². The third kappa shape index (κ3) is 2.24. The molecule has 2 aliphatic rings. The maximum Gasteiger partial charge on any atom is 0.254 e. The Bertz CT molecular complexity index is 599. The molecule has 1 amide bonds. The molecule has 3 nitrogen and oxygen atoms in total. The van der Waals surface area contributed by atoms with E-state index in [0.717, 1.165) is 25.1 Å². The molecule has 21 heavy (non-hydrogen) atoms. The van der Waals surface area contributed by atoms with Gasteiger partial charge in [-0.05, 0) is 42.1 Å². The second-order valence-electron chi connectivity index (χ2n) is 7.31. The molecule has 3 atom stereocenters. The van der Waals surface area contributed by atoms with Crippen LogP contribution in [0, 0.1) is 22.6 Å². The minimum atomic E-state index is -0.553. The summed E-state index contributed by atoms with van der Waals surface area (Å²) < 4.78 is 13.3. The molecule has 2 bridgehead atoms. The quantitative estimate of drug-likeness (QED) is 0.844. The zero-order valence-corrected chi connectivity index (χ0v) is 13.3. The summed E-state index contributed by atoms with van der Waals surface area (Å²) in [6, 6.07) is 1.23. The molecule has 2 aliphatic carbocycles. The van der Waals surface area contributed by atoms with Gasteiger partial charge in [0.05, 0.1) is 11.8 Å². The van der Waals surface area contributed by atoms with Crippen molar-refractivity contribution < 1.29 is 9.18 Å². The number of nitrogens with zero attached hydrogens (tertiary/aromatic N) is 1. The molecule has 5 heteroatoms. The van der Waals surface area contributed by atoms with Gasteiger partial charge in [0.1, 0.15) is 11.0 Å². The number of rotatable bonds is 2. The highest BCUT2D eigenvalue weighted by atomic mass is 35.5. The van der Waals surface area contributed by atoms with E-state index in [4.69, 9.17) is 11.6 Å². The molecule has 0 spiro atoms. The van der Waals surface area contributed by atoms with Crippen LogP contribution in [-0.2, 0) is 0 Å². The highest BCUT2D eigenvalue weighted by molar-refractivity contribution is 6.32. The molecule has 1 aromatic heterocycles. The van der Waals surface area contributed by atoms with Crippen molar-refractivity contribution in [2.45, 2.75) is 46.1 Å². The molecule has 1 heterocycles. The molecule has 2 fully saturated rings. The molecule has 114 valence electrons. The van der Waals surface area contributed by atoms with E-state index < -0.39 is 5.82 Å². The van der Waals surface area contributed by atoms with Gasteiger partial charge in [-0.1, -0.05) is 32.4 Å². The van der Waals surface area contributed by atoms with Crippen LogP contribution in [0.2, 0.25) is 5.15 Å². The highest BCUT2D eigenvalue weighted by Gasteiger charge is 2.59. The van der Waals surface area contributed by atoms with Crippen molar-refractivity contribution in [1.82, 2.24) is 10.3 Å². The number of fused-ring (bicyclic) bond motifs is 2. The first kappa shape index (κ1) is 14.8. The van der Waals surface area contributed by atoms with Crippen LogP contribution in [0.4, 0.5) is 4.39 Å². The highest BCUT2D eigenvalue weighted by Crippen LogP contribution is 2.62. The van der Waals surface area contributed by atoms with Gasteiger partial charge in [0.15, 0.2) is 0 Å². The first-order valence-corrected chi connectivity index (χ1v) is 7.74. The van der Waals surface area contributed by atoms with E-state index in [1.807, 2.05) is 0 Å². The van der Waals surface area contributed by atoms with Crippen molar-refractivity contribution in [3.63, 3.8) is 0 Å². The van der Waals surface area contributed by atoms with Crippen LogP contribution in [-0.4, -0.2) is 16.9 Å². The average molecular weight is 311 g/mol. The number of pyridine rings is 1. The number of hydrogen-bond donors (Lipinski definition) is 1. The molecule has 1 N–H and O–H groups in total. The number of carbonyl (C=O) groups is 1. The lowest BCUT2D eigenvalue weighted by Gasteiger charge is -2.43. The second kappa shape index (κ2) is 4.67.